The molecule has 0 saturated carbocycles. The highest BCUT2D eigenvalue weighted by atomic mass is 28.3. The largest absolute Gasteiger partial charge is 0.364 e. The fourth-order valence-corrected chi connectivity index (χ4v) is 6.86. The minimum absolute atomic E-state index is 0.311. The van der Waals surface area contributed by atoms with Crippen molar-refractivity contribution in [3.63, 3.8) is 0 Å². The minimum Gasteiger partial charge on any atom is -0.364 e. The van der Waals surface area contributed by atoms with E-state index in [0.29, 0.717) is 11.7 Å². The quantitative estimate of drug-likeness (QED) is 0.837. The topological polar surface area (TPSA) is 48.0 Å². The van der Waals surface area contributed by atoms with E-state index in [9.17, 15) is 4.79 Å². The molecule has 1 atom stereocenters. The number of amides is 1. The molecular weight excluding hydrogens is 276 g/mol. The Labute approximate surface area is 127 Å². The number of hydrogen-bond acceptors (Lipinski definition) is 1. The van der Waals surface area contributed by atoms with Crippen LogP contribution in [-0.4, -0.2) is 18.5 Å². The lowest BCUT2D eigenvalue weighted by molar-refractivity contribution is 0.0990. The van der Waals surface area contributed by atoms with E-state index in [-0.39, 0.29) is 5.91 Å². The van der Waals surface area contributed by atoms with Crippen LogP contribution >= 0.6 is 0 Å². The summed E-state index contributed by atoms with van der Waals surface area (Å²) in [6.45, 7) is 9.11. The molecule has 0 spiro atoms. The van der Waals surface area contributed by atoms with Gasteiger partial charge in [0.2, 0.25) is 0 Å². The molecule has 2 aromatic rings. The smallest absolute Gasteiger partial charge is 0.265 e. The summed E-state index contributed by atoms with van der Waals surface area (Å²) in [5, 5.41) is 1.17. The summed E-state index contributed by atoms with van der Waals surface area (Å²) < 4.78 is 2.24. The number of fused-ring (bicyclic) bond motifs is 1. The van der Waals surface area contributed by atoms with Crippen molar-refractivity contribution in [2.24, 2.45) is 5.73 Å². The van der Waals surface area contributed by atoms with E-state index in [4.69, 9.17) is 5.73 Å². The lowest BCUT2D eigenvalue weighted by Crippen LogP contribution is -2.23. The van der Waals surface area contributed by atoms with Gasteiger partial charge in [0.25, 0.3) is 5.91 Å². The van der Waals surface area contributed by atoms with E-state index >= 15 is 0 Å². The Morgan fingerprint density at radius 2 is 2.00 bits per heavy atom. The van der Waals surface area contributed by atoms with Crippen molar-refractivity contribution >= 4 is 24.9 Å². The Morgan fingerprint density at radius 1 is 1.29 bits per heavy atom. The van der Waals surface area contributed by atoms with Gasteiger partial charge in [-0.25, -0.2) is 0 Å². The number of aromatic nitrogens is 1. The molecule has 1 unspecified atom stereocenters. The maximum atomic E-state index is 11.9. The molecule has 1 aliphatic rings. The van der Waals surface area contributed by atoms with Gasteiger partial charge in [0, 0.05) is 25.0 Å². The van der Waals surface area contributed by atoms with Gasteiger partial charge in [-0.05, 0) is 49.6 Å². The van der Waals surface area contributed by atoms with Crippen molar-refractivity contribution in [2.45, 2.75) is 51.5 Å². The van der Waals surface area contributed by atoms with Gasteiger partial charge >= 0.3 is 0 Å². The first-order chi connectivity index (χ1) is 9.78. The molecule has 1 fully saturated rings. The molecule has 1 saturated heterocycles. The summed E-state index contributed by atoms with van der Waals surface area (Å²) in [5.41, 5.74) is 9.97. The summed E-state index contributed by atoms with van der Waals surface area (Å²) >= 11 is 0. The zero-order chi connectivity index (χ0) is 15.4. The Balaban J connectivity index is 2.24. The molecule has 1 aliphatic heterocycles. The maximum Gasteiger partial charge on any atom is 0.265 e. The van der Waals surface area contributed by atoms with Gasteiger partial charge in [-0.3, -0.25) is 4.79 Å². The number of rotatable bonds is 2. The number of nitrogens with two attached hydrogens (primary N) is 1. The first-order valence-electron chi connectivity index (χ1n) is 7.70. The molecule has 21 heavy (non-hydrogen) atoms. The second kappa shape index (κ2) is 4.73. The summed E-state index contributed by atoms with van der Waals surface area (Å²) in [6, 6.07) is 9.36. The van der Waals surface area contributed by atoms with Crippen LogP contribution in [0.25, 0.3) is 10.9 Å². The zero-order valence-electron chi connectivity index (χ0n) is 13.4. The van der Waals surface area contributed by atoms with Crippen LogP contribution in [0.15, 0.2) is 18.2 Å². The lowest BCUT2D eigenvalue weighted by Gasteiger charge is -2.19. The summed E-state index contributed by atoms with van der Waals surface area (Å²) in [5.74, 6) is -0.311. The number of primary amides is 1. The molecule has 3 nitrogen and oxygen atoms in total. The van der Waals surface area contributed by atoms with Gasteiger partial charge in [0.05, 0.1) is 0 Å². The predicted molar refractivity (Wildman–Crippen MR) is 90.7 cm³/mol. The Kier molecular flexibility index (Phi) is 3.24. The molecule has 0 aliphatic carbocycles. The molecule has 4 heteroatoms. The van der Waals surface area contributed by atoms with Crippen molar-refractivity contribution < 1.29 is 4.79 Å². The summed E-state index contributed by atoms with van der Waals surface area (Å²) in [4.78, 5) is 11.9. The van der Waals surface area contributed by atoms with Crippen molar-refractivity contribution in [1.82, 2.24) is 4.57 Å². The highest BCUT2D eigenvalue weighted by Crippen LogP contribution is 2.41. The average molecular weight is 300 g/mol. The zero-order valence-corrected chi connectivity index (χ0v) is 14.4. The minimum atomic E-state index is -1.10. The van der Waals surface area contributed by atoms with E-state index in [1.54, 1.807) is 0 Å². The highest BCUT2D eigenvalue weighted by Gasteiger charge is 2.35. The summed E-state index contributed by atoms with van der Waals surface area (Å²) in [6.07, 6.45) is 1.18. The molecular formula is C17H24N2OSi. The molecule has 2 heterocycles. The van der Waals surface area contributed by atoms with E-state index in [0.717, 1.165) is 0 Å². The van der Waals surface area contributed by atoms with E-state index in [2.05, 4.69) is 43.6 Å². The highest BCUT2D eigenvalue weighted by molar-refractivity contribution is 6.78. The third-order valence-electron chi connectivity index (χ3n) is 4.87. The number of aryl methyl sites for hydroxylation is 2. The molecule has 1 aromatic carbocycles. The lowest BCUT2D eigenvalue weighted by atomic mass is 10.1. The van der Waals surface area contributed by atoms with Crippen LogP contribution in [0.4, 0.5) is 0 Å². The van der Waals surface area contributed by atoms with Crippen LogP contribution < -0.4 is 5.73 Å². The third kappa shape index (κ3) is 2.42. The van der Waals surface area contributed by atoms with Gasteiger partial charge < -0.3 is 10.3 Å². The van der Waals surface area contributed by atoms with Crippen LogP contribution in [0, 0.1) is 13.8 Å². The van der Waals surface area contributed by atoms with Crippen LogP contribution in [0.5, 0.6) is 0 Å². The molecule has 2 N–H and O–H groups in total. The summed E-state index contributed by atoms with van der Waals surface area (Å²) in [7, 11) is -1.10. The normalized spacial score (nSPS) is 21.0. The van der Waals surface area contributed by atoms with Gasteiger partial charge in [-0.1, -0.05) is 25.2 Å². The molecule has 0 bridgehead atoms. The Morgan fingerprint density at radius 3 is 2.57 bits per heavy atom. The average Bonchev–Trinajstić information content (AvgIpc) is 2.89. The van der Waals surface area contributed by atoms with Gasteiger partial charge in [0.15, 0.2) is 0 Å². The van der Waals surface area contributed by atoms with Crippen LogP contribution in [0.1, 0.15) is 34.1 Å². The van der Waals surface area contributed by atoms with E-state index in [1.165, 1.54) is 40.5 Å². The van der Waals surface area contributed by atoms with Gasteiger partial charge in [-0.2, -0.15) is 0 Å². The second-order valence-electron chi connectivity index (χ2n) is 7.34. The predicted octanol–water partition coefficient (Wildman–Crippen LogP) is 4.01. The molecule has 3 rings (SSSR count). The fraction of sp³-hybridized carbons (Fsp3) is 0.471. The van der Waals surface area contributed by atoms with E-state index in [1.807, 2.05) is 6.07 Å². The van der Waals surface area contributed by atoms with Crippen LogP contribution in [-0.2, 0) is 0 Å². The Hall–Kier alpha value is -1.55. The number of carbonyl (C=O) groups is 1. The molecule has 1 aromatic heterocycles. The third-order valence-corrected chi connectivity index (χ3v) is 8.09. The van der Waals surface area contributed by atoms with Crippen LogP contribution in [0.3, 0.4) is 0 Å². The standard InChI is InChI=1S/C17H24N2OSi/c1-11-7-12(2)14-9-16(17(18)20)19(15(14)8-11)13-5-6-21(3,4)10-13/h7-9,13H,5-6,10H2,1-4H3,(H2,18,20). The Bertz CT molecular complexity index is 730. The van der Waals surface area contributed by atoms with Crippen LogP contribution in [0.2, 0.25) is 25.2 Å². The van der Waals surface area contributed by atoms with Gasteiger partial charge in [-0.15, -0.1) is 0 Å². The number of carbonyl (C=O) groups excluding carboxylic acids is 1. The van der Waals surface area contributed by atoms with Crippen molar-refractivity contribution in [2.75, 3.05) is 0 Å². The maximum absolute atomic E-state index is 11.9. The molecule has 1 amide bonds. The van der Waals surface area contributed by atoms with Gasteiger partial charge in [0.1, 0.15) is 5.69 Å². The number of hydrogen-bond donors (Lipinski definition) is 1. The van der Waals surface area contributed by atoms with Crippen molar-refractivity contribution in [3.8, 4) is 0 Å². The fourth-order valence-electron chi connectivity index (χ4n) is 3.88. The number of benzene rings is 1. The van der Waals surface area contributed by atoms with Crippen molar-refractivity contribution in [1.29, 1.82) is 0 Å². The second-order valence-corrected chi connectivity index (χ2v) is 12.6. The monoisotopic (exact) mass is 300 g/mol. The molecule has 0 radical (unpaired) electrons. The SMILES string of the molecule is Cc1cc(C)c2cc(C(N)=O)n(C3CC[Si](C)(C)C3)c2c1. The van der Waals surface area contributed by atoms with E-state index < -0.39 is 8.07 Å². The van der Waals surface area contributed by atoms with Crippen molar-refractivity contribution in [3.05, 3.63) is 35.0 Å². The number of nitrogens with zero attached hydrogens (tertiary/aromatic N) is 1. The first-order valence-corrected chi connectivity index (χ1v) is 11.1. The molecule has 112 valence electrons. The first kappa shape index (κ1) is 14.4.